The van der Waals surface area contributed by atoms with E-state index in [9.17, 15) is 21.6 Å². The van der Waals surface area contributed by atoms with E-state index in [1.165, 1.54) is 18.2 Å². The molecule has 0 spiro atoms. The van der Waals surface area contributed by atoms with E-state index < -0.39 is 28.0 Å². The minimum Gasteiger partial charge on any atom is -0.405 e. The molecule has 1 aromatic carbocycles. The fraction of sp³-hybridized carbons (Fsp3) is 0.500. The monoisotopic (exact) mass is 311 g/mol. The van der Waals surface area contributed by atoms with Gasteiger partial charge in [-0.1, -0.05) is 25.1 Å². The SMILES string of the molecule is CCNC(CS(C)(=O)=O)c1ccccc1OC(F)(F)F. The van der Waals surface area contributed by atoms with Crippen molar-refractivity contribution in [3.8, 4) is 5.75 Å². The van der Waals surface area contributed by atoms with Gasteiger partial charge in [-0.25, -0.2) is 8.42 Å². The average Bonchev–Trinajstić information content (AvgIpc) is 2.25. The molecule has 0 aliphatic carbocycles. The molecule has 0 saturated carbocycles. The minimum atomic E-state index is -4.82. The molecule has 0 heterocycles. The molecule has 0 aliphatic rings. The second-order valence-corrected chi connectivity index (χ2v) is 6.47. The number of nitrogens with one attached hydrogen (secondary N) is 1. The van der Waals surface area contributed by atoms with Crippen LogP contribution < -0.4 is 10.1 Å². The molecule has 1 atom stereocenters. The molecule has 4 nitrogen and oxygen atoms in total. The number of hydrogen-bond acceptors (Lipinski definition) is 4. The molecule has 1 aromatic rings. The van der Waals surface area contributed by atoms with E-state index in [1.54, 1.807) is 6.92 Å². The Kier molecular flexibility index (Phi) is 5.41. The van der Waals surface area contributed by atoms with Crippen LogP contribution in [0.1, 0.15) is 18.5 Å². The zero-order chi connectivity index (χ0) is 15.4. The van der Waals surface area contributed by atoms with Crippen LogP contribution >= 0.6 is 0 Å². The minimum absolute atomic E-state index is 0.164. The number of benzene rings is 1. The quantitative estimate of drug-likeness (QED) is 0.876. The van der Waals surface area contributed by atoms with Crippen LogP contribution in [0, 0.1) is 0 Å². The smallest absolute Gasteiger partial charge is 0.405 e. The lowest BCUT2D eigenvalue weighted by atomic mass is 10.1. The summed E-state index contributed by atoms with van der Waals surface area (Å²) in [5, 5.41) is 2.86. The third-order valence-electron chi connectivity index (χ3n) is 2.44. The van der Waals surface area contributed by atoms with Crippen molar-refractivity contribution in [1.29, 1.82) is 0 Å². The molecule has 8 heteroatoms. The van der Waals surface area contributed by atoms with Gasteiger partial charge in [0.05, 0.1) is 5.75 Å². The molecular formula is C12H16F3NO3S. The van der Waals surface area contributed by atoms with Crippen molar-refractivity contribution in [3.05, 3.63) is 29.8 Å². The van der Waals surface area contributed by atoms with Crippen LogP contribution in [0.25, 0.3) is 0 Å². The normalized spacial score (nSPS) is 14.1. The molecule has 1 rings (SSSR count). The fourth-order valence-electron chi connectivity index (χ4n) is 1.79. The lowest BCUT2D eigenvalue weighted by molar-refractivity contribution is -0.275. The molecule has 0 radical (unpaired) electrons. The molecule has 0 bridgehead atoms. The standard InChI is InChI=1S/C12H16F3NO3S/c1-3-16-10(8-20(2,17)18)9-6-4-5-7-11(9)19-12(13,14)15/h4-7,10,16H,3,8H2,1-2H3. The first kappa shape index (κ1) is 16.8. The molecule has 20 heavy (non-hydrogen) atoms. The van der Waals surface area contributed by atoms with Crippen molar-refractivity contribution < 1.29 is 26.3 Å². The summed E-state index contributed by atoms with van der Waals surface area (Å²) in [6.45, 7) is 2.16. The van der Waals surface area contributed by atoms with Crippen molar-refractivity contribution in [1.82, 2.24) is 5.32 Å². The highest BCUT2D eigenvalue weighted by Gasteiger charge is 2.33. The van der Waals surface area contributed by atoms with Crippen LogP contribution in [0.5, 0.6) is 5.75 Å². The second kappa shape index (κ2) is 6.45. The summed E-state index contributed by atoms with van der Waals surface area (Å²) in [4.78, 5) is 0. The zero-order valence-electron chi connectivity index (χ0n) is 11.1. The summed E-state index contributed by atoms with van der Waals surface area (Å²) < 4.78 is 63.7. The number of ether oxygens (including phenoxy) is 1. The summed E-state index contributed by atoms with van der Waals surface area (Å²) in [7, 11) is -3.35. The molecule has 0 aliphatic heterocycles. The van der Waals surface area contributed by atoms with Gasteiger partial charge in [-0.15, -0.1) is 13.2 Å². The molecule has 0 aromatic heterocycles. The van der Waals surface area contributed by atoms with Gasteiger partial charge in [0.2, 0.25) is 0 Å². The van der Waals surface area contributed by atoms with Gasteiger partial charge >= 0.3 is 6.36 Å². The van der Waals surface area contributed by atoms with Crippen molar-refractivity contribution in [3.63, 3.8) is 0 Å². The molecule has 1 unspecified atom stereocenters. The van der Waals surface area contributed by atoms with Gasteiger partial charge in [-0.2, -0.15) is 0 Å². The highest BCUT2D eigenvalue weighted by Crippen LogP contribution is 2.30. The molecule has 114 valence electrons. The Labute approximate surface area is 115 Å². The van der Waals surface area contributed by atoms with Crippen molar-refractivity contribution in [2.75, 3.05) is 18.6 Å². The predicted octanol–water partition coefficient (Wildman–Crippen LogP) is 2.28. The van der Waals surface area contributed by atoms with E-state index in [-0.39, 0.29) is 11.3 Å². The van der Waals surface area contributed by atoms with Gasteiger partial charge in [0.1, 0.15) is 15.6 Å². The maximum atomic E-state index is 12.3. The van der Waals surface area contributed by atoms with Crippen LogP contribution in [0.15, 0.2) is 24.3 Å². The topological polar surface area (TPSA) is 55.4 Å². The first-order chi connectivity index (χ1) is 9.12. The number of rotatable bonds is 6. The van der Waals surface area contributed by atoms with E-state index in [2.05, 4.69) is 10.1 Å². The maximum Gasteiger partial charge on any atom is 0.573 e. The summed E-state index contributed by atoms with van der Waals surface area (Å²) in [6.07, 6.45) is -3.79. The van der Waals surface area contributed by atoms with Crippen LogP contribution in [-0.4, -0.2) is 33.3 Å². The molecular weight excluding hydrogens is 295 g/mol. The Bertz CT molecular complexity index is 543. The van der Waals surface area contributed by atoms with Gasteiger partial charge in [0.25, 0.3) is 0 Å². The van der Waals surface area contributed by atoms with Gasteiger partial charge in [0, 0.05) is 17.9 Å². The maximum absolute atomic E-state index is 12.3. The summed E-state index contributed by atoms with van der Waals surface area (Å²) in [5.74, 6) is -0.700. The molecule has 0 amide bonds. The first-order valence-electron chi connectivity index (χ1n) is 5.88. The van der Waals surface area contributed by atoms with E-state index in [4.69, 9.17) is 0 Å². The first-order valence-corrected chi connectivity index (χ1v) is 7.94. The lowest BCUT2D eigenvalue weighted by Crippen LogP contribution is -2.29. The Morgan fingerprint density at radius 1 is 1.30 bits per heavy atom. The van der Waals surface area contributed by atoms with Gasteiger partial charge in [-0.3, -0.25) is 0 Å². The van der Waals surface area contributed by atoms with Crippen molar-refractivity contribution in [2.45, 2.75) is 19.3 Å². The summed E-state index contributed by atoms with van der Waals surface area (Å²) >= 11 is 0. The van der Waals surface area contributed by atoms with E-state index in [0.717, 1.165) is 12.3 Å². The number of hydrogen-bond donors (Lipinski definition) is 1. The fourth-order valence-corrected chi connectivity index (χ4v) is 2.70. The highest BCUT2D eigenvalue weighted by atomic mass is 32.2. The Hall–Kier alpha value is -1.28. The van der Waals surface area contributed by atoms with Crippen molar-refractivity contribution in [2.24, 2.45) is 0 Å². The average molecular weight is 311 g/mol. The van der Waals surface area contributed by atoms with E-state index >= 15 is 0 Å². The van der Waals surface area contributed by atoms with Crippen LogP contribution in [0.4, 0.5) is 13.2 Å². The van der Waals surface area contributed by atoms with Crippen molar-refractivity contribution >= 4 is 9.84 Å². The number of sulfone groups is 1. The third kappa shape index (κ3) is 5.79. The third-order valence-corrected chi connectivity index (χ3v) is 3.38. The Morgan fingerprint density at radius 2 is 1.90 bits per heavy atom. The van der Waals surface area contributed by atoms with E-state index in [1.807, 2.05) is 0 Å². The van der Waals surface area contributed by atoms with Gasteiger partial charge < -0.3 is 10.1 Å². The largest absolute Gasteiger partial charge is 0.573 e. The lowest BCUT2D eigenvalue weighted by Gasteiger charge is -2.21. The number of halogens is 3. The molecule has 0 saturated heterocycles. The van der Waals surface area contributed by atoms with E-state index in [0.29, 0.717) is 6.54 Å². The summed E-state index contributed by atoms with van der Waals surface area (Å²) in [5.41, 5.74) is 0.164. The summed E-state index contributed by atoms with van der Waals surface area (Å²) in [6, 6.07) is 4.75. The zero-order valence-corrected chi connectivity index (χ0v) is 11.9. The predicted molar refractivity (Wildman–Crippen MR) is 69.3 cm³/mol. The Balaban J connectivity index is 3.13. The highest BCUT2D eigenvalue weighted by molar-refractivity contribution is 7.90. The second-order valence-electron chi connectivity index (χ2n) is 4.29. The van der Waals surface area contributed by atoms with Crippen LogP contribution in [-0.2, 0) is 9.84 Å². The van der Waals surface area contributed by atoms with Crippen LogP contribution in [0.3, 0.4) is 0 Å². The Morgan fingerprint density at radius 3 is 2.40 bits per heavy atom. The number of alkyl halides is 3. The molecule has 1 N–H and O–H groups in total. The molecule has 0 fully saturated rings. The van der Waals surface area contributed by atoms with Gasteiger partial charge in [0.15, 0.2) is 0 Å². The number of para-hydroxylation sites is 1. The van der Waals surface area contributed by atoms with Crippen LogP contribution in [0.2, 0.25) is 0 Å². The van der Waals surface area contributed by atoms with Gasteiger partial charge in [-0.05, 0) is 12.6 Å².